The van der Waals surface area contributed by atoms with E-state index in [1.54, 1.807) is 0 Å². The van der Waals surface area contributed by atoms with Gasteiger partial charge in [-0.15, -0.1) is 0 Å². The molecule has 0 radical (unpaired) electrons. The predicted octanol–water partition coefficient (Wildman–Crippen LogP) is 4.26. The fraction of sp³-hybridized carbons (Fsp3) is 0.368. The maximum absolute atomic E-state index is 10.4. The molecule has 0 unspecified atom stereocenters. The van der Waals surface area contributed by atoms with E-state index in [1.807, 2.05) is 26.0 Å². The van der Waals surface area contributed by atoms with E-state index in [2.05, 4.69) is 38.1 Å². The largest absolute Gasteiger partial charge is 0.507 e. The van der Waals surface area contributed by atoms with E-state index in [4.69, 9.17) is 0 Å². The topological polar surface area (TPSA) is 40.5 Å². The van der Waals surface area contributed by atoms with E-state index >= 15 is 0 Å². The van der Waals surface area contributed by atoms with Gasteiger partial charge in [-0.1, -0.05) is 50.2 Å². The van der Waals surface area contributed by atoms with Gasteiger partial charge in [-0.2, -0.15) is 0 Å². The van der Waals surface area contributed by atoms with Crippen molar-refractivity contribution in [3.8, 4) is 5.75 Å². The number of phenolic OH excluding ortho intramolecular Hbond substituents is 1. The van der Waals surface area contributed by atoms with Crippen LogP contribution in [0.15, 0.2) is 36.4 Å². The number of phenols is 1. The van der Waals surface area contributed by atoms with Crippen LogP contribution in [-0.4, -0.2) is 16.8 Å². The van der Waals surface area contributed by atoms with Gasteiger partial charge < -0.3 is 10.2 Å². The molecule has 2 heteroatoms. The molecular formula is C19H24O2. The first-order valence-electron chi connectivity index (χ1n) is 7.45. The third kappa shape index (κ3) is 3.11. The van der Waals surface area contributed by atoms with Crippen molar-refractivity contribution >= 4 is 0 Å². The summed E-state index contributed by atoms with van der Waals surface area (Å²) >= 11 is 0. The minimum absolute atomic E-state index is 0.0150. The van der Waals surface area contributed by atoms with Crippen molar-refractivity contribution in [2.24, 2.45) is 0 Å². The molecule has 0 saturated heterocycles. The van der Waals surface area contributed by atoms with Crippen LogP contribution in [0, 0.1) is 13.8 Å². The van der Waals surface area contributed by atoms with Gasteiger partial charge >= 0.3 is 0 Å². The van der Waals surface area contributed by atoms with Crippen molar-refractivity contribution in [3.63, 3.8) is 0 Å². The first-order chi connectivity index (χ1) is 9.95. The third-order valence-electron chi connectivity index (χ3n) is 4.17. The van der Waals surface area contributed by atoms with Crippen LogP contribution in [0.25, 0.3) is 0 Å². The maximum atomic E-state index is 10.4. The number of rotatable bonds is 4. The Bertz CT molecular complexity index is 612. The molecule has 0 aliphatic rings. The highest BCUT2D eigenvalue weighted by molar-refractivity contribution is 5.50. The normalized spacial score (nSPS) is 12.7. The van der Waals surface area contributed by atoms with Crippen LogP contribution in [0.5, 0.6) is 5.75 Å². The summed E-state index contributed by atoms with van der Waals surface area (Å²) in [6.45, 7) is 8.16. The van der Waals surface area contributed by atoms with Crippen LogP contribution in [0.2, 0.25) is 0 Å². The van der Waals surface area contributed by atoms with Crippen LogP contribution >= 0.6 is 0 Å². The molecule has 21 heavy (non-hydrogen) atoms. The highest BCUT2D eigenvalue weighted by Gasteiger charge is 2.20. The van der Waals surface area contributed by atoms with Gasteiger partial charge in [0.2, 0.25) is 0 Å². The Morgan fingerprint density at radius 2 is 1.38 bits per heavy atom. The zero-order valence-corrected chi connectivity index (χ0v) is 13.2. The predicted molar refractivity (Wildman–Crippen MR) is 87.0 cm³/mol. The fourth-order valence-corrected chi connectivity index (χ4v) is 2.73. The van der Waals surface area contributed by atoms with Gasteiger partial charge in [0, 0.05) is 11.5 Å². The Labute approximate surface area is 127 Å². The van der Waals surface area contributed by atoms with Crippen molar-refractivity contribution in [2.45, 2.75) is 39.5 Å². The maximum Gasteiger partial charge on any atom is 0.122 e. The quantitative estimate of drug-likeness (QED) is 0.881. The summed E-state index contributed by atoms with van der Waals surface area (Å²) in [6.07, 6.45) is 0. The Kier molecular flexibility index (Phi) is 4.69. The van der Waals surface area contributed by atoms with Crippen molar-refractivity contribution in [1.29, 1.82) is 0 Å². The minimum atomic E-state index is -0.189. The number of aliphatic hydroxyl groups is 1. The van der Waals surface area contributed by atoms with Gasteiger partial charge in [-0.25, -0.2) is 0 Å². The molecule has 0 spiro atoms. The molecule has 2 aromatic rings. The van der Waals surface area contributed by atoms with E-state index in [1.165, 1.54) is 5.56 Å². The average Bonchev–Trinajstić information content (AvgIpc) is 2.48. The molecule has 1 atom stereocenters. The summed E-state index contributed by atoms with van der Waals surface area (Å²) in [6, 6.07) is 12.2. The number of hydrogen-bond donors (Lipinski definition) is 2. The van der Waals surface area contributed by atoms with Crippen molar-refractivity contribution < 1.29 is 10.2 Å². The smallest absolute Gasteiger partial charge is 0.122 e. The molecule has 0 aromatic heterocycles. The fourth-order valence-electron chi connectivity index (χ4n) is 2.73. The summed E-state index contributed by atoms with van der Waals surface area (Å²) in [5, 5.41) is 20.2. The minimum Gasteiger partial charge on any atom is -0.507 e. The second-order valence-electron chi connectivity index (χ2n) is 6.02. The van der Waals surface area contributed by atoms with Crippen LogP contribution in [0.4, 0.5) is 0 Å². The molecular weight excluding hydrogens is 260 g/mol. The zero-order valence-electron chi connectivity index (χ0n) is 13.2. The Hall–Kier alpha value is -1.80. The summed E-state index contributed by atoms with van der Waals surface area (Å²) in [5.74, 6) is 0.592. The highest BCUT2D eigenvalue weighted by Crippen LogP contribution is 2.36. The van der Waals surface area contributed by atoms with E-state index in [0.717, 1.165) is 22.3 Å². The number of benzene rings is 2. The van der Waals surface area contributed by atoms with Crippen LogP contribution in [-0.2, 0) is 0 Å². The molecule has 0 aliphatic carbocycles. The van der Waals surface area contributed by atoms with Gasteiger partial charge in [0.25, 0.3) is 0 Å². The molecule has 2 rings (SSSR count). The standard InChI is InChI=1S/C19H24O2/c1-12(2)15-7-9-16(10-8-15)17(11-20)18-13(3)5-6-14(4)19(18)21/h5-10,12,17,20-21H,11H2,1-4H3/t17-/m0/s1. The average molecular weight is 284 g/mol. The summed E-state index contributed by atoms with van der Waals surface area (Å²) in [4.78, 5) is 0. The first-order valence-corrected chi connectivity index (χ1v) is 7.45. The second kappa shape index (κ2) is 6.31. The molecule has 112 valence electrons. The van der Waals surface area contributed by atoms with E-state index < -0.39 is 0 Å². The van der Waals surface area contributed by atoms with Gasteiger partial charge in [0.1, 0.15) is 5.75 Å². The zero-order chi connectivity index (χ0) is 15.6. The lowest BCUT2D eigenvalue weighted by molar-refractivity contribution is 0.277. The number of hydrogen-bond acceptors (Lipinski definition) is 2. The van der Waals surface area contributed by atoms with Gasteiger partial charge in [0.05, 0.1) is 6.61 Å². The summed E-state index contributed by atoms with van der Waals surface area (Å²) in [5.41, 5.74) is 4.99. The van der Waals surface area contributed by atoms with Crippen LogP contribution in [0.3, 0.4) is 0 Å². The van der Waals surface area contributed by atoms with E-state index in [0.29, 0.717) is 11.7 Å². The van der Waals surface area contributed by atoms with Crippen molar-refractivity contribution in [1.82, 2.24) is 0 Å². The van der Waals surface area contributed by atoms with E-state index in [-0.39, 0.29) is 12.5 Å². The molecule has 2 aromatic carbocycles. The SMILES string of the molecule is Cc1ccc(C)c([C@@H](CO)c2ccc(C(C)C)cc2)c1O. The monoisotopic (exact) mass is 284 g/mol. The number of aromatic hydroxyl groups is 1. The Balaban J connectivity index is 2.47. The molecule has 0 saturated carbocycles. The molecule has 0 aliphatic heterocycles. The van der Waals surface area contributed by atoms with Crippen LogP contribution < -0.4 is 0 Å². The lowest BCUT2D eigenvalue weighted by Crippen LogP contribution is -2.09. The van der Waals surface area contributed by atoms with E-state index in [9.17, 15) is 10.2 Å². The lowest BCUT2D eigenvalue weighted by atomic mass is 9.86. The van der Waals surface area contributed by atoms with Crippen molar-refractivity contribution in [2.75, 3.05) is 6.61 Å². The lowest BCUT2D eigenvalue weighted by Gasteiger charge is -2.21. The molecule has 2 nitrogen and oxygen atoms in total. The Morgan fingerprint density at radius 1 is 0.857 bits per heavy atom. The molecule has 0 fully saturated rings. The second-order valence-corrected chi connectivity index (χ2v) is 6.02. The van der Waals surface area contributed by atoms with Gasteiger partial charge in [0.15, 0.2) is 0 Å². The highest BCUT2D eigenvalue weighted by atomic mass is 16.3. The van der Waals surface area contributed by atoms with Gasteiger partial charge in [-0.05, 0) is 42.0 Å². The molecule has 0 amide bonds. The van der Waals surface area contributed by atoms with Crippen molar-refractivity contribution in [3.05, 3.63) is 64.2 Å². The first kappa shape index (κ1) is 15.6. The summed E-state index contributed by atoms with van der Waals surface area (Å²) < 4.78 is 0. The molecule has 2 N–H and O–H groups in total. The number of aryl methyl sites for hydroxylation is 2. The number of aliphatic hydroxyl groups excluding tert-OH is 1. The van der Waals surface area contributed by atoms with Gasteiger partial charge in [-0.3, -0.25) is 0 Å². The van der Waals surface area contributed by atoms with Crippen LogP contribution in [0.1, 0.15) is 53.5 Å². The Morgan fingerprint density at radius 3 is 1.90 bits per heavy atom. The molecule has 0 heterocycles. The summed E-state index contributed by atoms with van der Waals surface area (Å²) in [7, 11) is 0. The third-order valence-corrected chi connectivity index (χ3v) is 4.17. The molecule has 0 bridgehead atoms.